The van der Waals surface area contributed by atoms with Crippen molar-refractivity contribution >= 4 is 34.3 Å². The summed E-state index contributed by atoms with van der Waals surface area (Å²) in [6.07, 6.45) is 5.82. The Hall–Kier alpha value is -0.750. The molecule has 0 radical (unpaired) electrons. The van der Waals surface area contributed by atoms with Gasteiger partial charge in [0.1, 0.15) is 10.6 Å². The van der Waals surface area contributed by atoms with Crippen molar-refractivity contribution < 1.29 is 9.90 Å². The third kappa shape index (κ3) is 2.42. The number of nitrogens with zero attached hydrogens (tertiary/aromatic N) is 1. The van der Waals surface area contributed by atoms with E-state index in [1.165, 1.54) is 30.8 Å². The smallest absolute Gasteiger partial charge is 0.340 e. The van der Waals surface area contributed by atoms with Gasteiger partial charge in [0.15, 0.2) is 0 Å². The fourth-order valence-corrected chi connectivity index (χ4v) is 3.70. The highest BCUT2D eigenvalue weighted by Crippen LogP contribution is 2.43. The molecule has 4 nitrogen and oxygen atoms in total. The molecule has 1 fully saturated rings. The number of carbonyl (C=O) groups is 1. The van der Waals surface area contributed by atoms with E-state index < -0.39 is 5.97 Å². The predicted molar refractivity (Wildman–Crippen MR) is 72.4 cm³/mol. The van der Waals surface area contributed by atoms with Crippen LogP contribution in [0, 0.1) is 6.92 Å². The molecule has 1 heterocycles. The Labute approximate surface area is 109 Å². The standard InChI is InChI=1S/C11H16N2O2S2/c1-7-8(10(14)15)9(17-13-7)12-6-11(16-2)4-3-5-11/h12H,3-6H2,1-2H3,(H,14,15). The topological polar surface area (TPSA) is 62.2 Å². The summed E-state index contributed by atoms with van der Waals surface area (Å²) in [6, 6.07) is 0. The molecule has 0 aliphatic heterocycles. The summed E-state index contributed by atoms with van der Waals surface area (Å²) in [4.78, 5) is 11.1. The lowest BCUT2D eigenvalue weighted by Crippen LogP contribution is -2.40. The van der Waals surface area contributed by atoms with Crippen LogP contribution in [0.2, 0.25) is 0 Å². The maximum absolute atomic E-state index is 11.1. The van der Waals surface area contributed by atoms with Crippen molar-refractivity contribution in [1.29, 1.82) is 0 Å². The molecule has 94 valence electrons. The van der Waals surface area contributed by atoms with E-state index in [9.17, 15) is 4.79 Å². The molecule has 1 aromatic rings. The third-order valence-electron chi connectivity index (χ3n) is 3.35. The Bertz CT molecular complexity index is 422. The van der Waals surface area contributed by atoms with Gasteiger partial charge in [-0.05, 0) is 37.6 Å². The number of rotatable bonds is 5. The van der Waals surface area contributed by atoms with Crippen LogP contribution in [0.1, 0.15) is 35.3 Å². The van der Waals surface area contributed by atoms with E-state index in [1.54, 1.807) is 6.92 Å². The van der Waals surface area contributed by atoms with Crippen molar-refractivity contribution in [2.75, 3.05) is 18.1 Å². The van der Waals surface area contributed by atoms with Gasteiger partial charge in [-0.3, -0.25) is 0 Å². The van der Waals surface area contributed by atoms with Crippen LogP contribution in [0.5, 0.6) is 0 Å². The Morgan fingerprint density at radius 2 is 2.35 bits per heavy atom. The quantitative estimate of drug-likeness (QED) is 0.863. The minimum absolute atomic E-state index is 0.299. The van der Waals surface area contributed by atoms with E-state index in [0.29, 0.717) is 21.0 Å². The number of hydrogen-bond acceptors (Lipinski definition) is 5. The molecule has 2 rings (SSSR count). The molecule has 0 spiro atoms. The minimum Gasteiger partial charge on any atom is -0.478 e. The molecule has 17 heavy (non-hydrogen) atoms. The highest BCUT2D eigenvalue weighted by molar-refractivity contribution is 8.00. The minimum atomic E-state index is -0.898. The van der Waals surface area contributed by atoms with Crippen molar-refractivity contribution in [3.63, 3.8) is 0 Å². The van der Waals surface area contributed by atoms with Crippen LogP contribution in [0.3, 0.4) is 0 Å². The second-order valence-electron chi connectivity index (χ2n) is 4.37. The second-order valence-corrected chi connectivity index (χ2v) is 6.42. The summed E-state index contributed by atoms with van der Waals surface area (Å²) in [6.45, 7) is 2.56. The number of aromatic carboxylic acids is 1. The fourth-order valence-electron chi connectivity index (χ4n) is 2.01. The predicted octanol–water partition coefficient (Wildman–Crippen LogP) is 2.85. The van der Waals surface area contributed by atoms with E-state index in [4.69, 9.17) is 5.11 Å². The zero-order valence-electron chi connectivity index (χ0n) is 9.95. The summed E-state index contributed by atoms with van der Waals surface area (Å²) < 4.78 is 4.40. The molecule has 1 aliphatic rings. The monoisotopic (exact) mass is 272 g/mol. The van der Waals surface area contributed by atoms with E-state index in [1.807, 2.05) is 11.8 Å². The maximum Gasteiger partial charge on any atom is 0.340 e. The number of nitrogens with one attached hydrogen (secondary N) is 1. The number of hydrogen-bond donors (Lipinski definition) is 2. The summed E-state index contributed by atoms with van der Waals surface area (Å²) in [7, 11) is 0. The average Bonchev–Trinajstić information content (AvgIpc) is 2.59. The van der Waals surface area contributed by atoms with Gasteiger partial charge < -0.3 is 10.4 Å². The van der Waals surface area contributed by atoms with E-state index >= 15 is 0 Å². The first-order valence-electron chi connectivity index (χ1n) is 5.56. The molecule has 1 aromatic heterocycles. The summed E-state index contributed by atoms with van der Waals surface area (Å²) in [5.74, 6) is -0.898. The molecule has 0 saturated heterocycles. The largest absolute Gasteiger partial charge is 0.478 e. The van der Waals surface area contributed by atoms with Gasteiger partial charge in [-0.1, -0.05) is 6.42 Å². The molecule has 0 bridgehead atoms. The van der Waals surface area contributed by atoms with Crippen LogP contribution in [-0.4, -0.2) is 33.0 Å². The van der Waals surface area contributed by atoms with Crippen molar-refractivity contribution in [3.8, 4) is 0 Å². The number of thioether (sulfide) groups is 1. The number of aryl methyl sites for hydroxylation is 1. The van der Waals surface area contributed by atoms with Crippen LogP contribution < -0.4 is 5.32 Å². The van der Waals surface area contributed by atoms with Gasteiger partial charge in [0.2, 0.25) is 0 Å². The van der Waals surface area contributed by atoms with Crippen molar-refractivity contribution in [3.05, 3.63) is 11.3 Å². The third-order valence-corrected chi connectivity index (χ3v) is 5.66. The lowest BCUT2D eigenvalue weighted by atomic mass is 9.84. The number of anilines is 1. The summed E-state index contributed by atoms with van der Waals surface area (Å²) >= 11 is 3.11. The zero-order valence-corrected chi connectivity index (χ0v) is 11.6. The SMILES string of the molecule is CSC1(CNc2snc(C)c2C(=O)O)CCC1. The van der Waals surface area contributed by atoms with Gasteiger partial charge >= 0.3 is 5.97 Å². The molecule has 1 saturated carbocycles. The number of aromatic nitrogens is 1. The summed E-state index contributed by atoms with van der Waals surface area (Å²) in [5, 5.41) is 13.1. The van der Waals surface area contributed by atoms with Gasteiger partial charge in [0.05, 0.1) is 5.69 Å². The summed E-state index contributed by atoms with van der Waals surface area (Å²) in [5.41, 5.74) is 0.919. The van der Waals surface area contributed by atoms with Crippen LogP contribution in [0.4, 0.5) is 5.00 Å². The number of carboxylic acid groups (broad SMARTS) is 1. The molecule has 1 aliphatic carbocycles. The van der Waals surface area contributed by atoms with E-state index in [-0.39, 0.29) is 0 Å². The molecule has 0 unspecified atom stereocenters. The van der Waals surface area contributed by atoms with Crippen molar-refractivity contribution in [2.24, 2.45) is 0 Å². The van der Waals surface area contributed by atoms with Crippen LogP contribution in [-0.2, 0) is 0 Å². The number of carboxylic acids is 1. The van der Waals surface area contributed by atoms with Gasteiger partial charge in [-0.25, -0.2) is 4.79 Å². The first kappa shape index (κ1) is 12.7. The molecular weight excluding hydrogens is 256 g/mol. The first-order chi connectivity index (χ1) is 8.08. The highest BCUT2D eigenvalue weighted by atomic mass is 32.2. The molecule has 0 amide bonds. The van der Waals surface area contributed by atoms with Gasteiger partial charge in [0, 0.05) is 11.3 Å². The van der Waals surface area contributed by atoms with Crippen molar-refractivity contribution in [2.45, 2.75) is 30.9 Å². The highest BCUT2D eigenvalue weighted by Gasteiger charge is 2.36. The fraction of sp³-hybridized carbons (Fsp3) is 0.636. The van der Waals surface area contributed by atoms with E-state index in [0.717, 1.165) is 6.54 Å². The van der Waals surface area contributed by atoms with Gasteiger partial charge in [-0.2, -0.15) is 16.1 Å². The Morgan fingerprint density at radius 1 is 1.65 bits per heavy atom. The second kappa shape index (κ2) is 4.86. The Morgan fingerprint density at radius 3 is 2.82 bits per heavy atom. The maximum atomic E-state index is 11.1. The lowest BCUT2D eigenvalue weighted by Gasteiger charge is -2.40. The Balaban J connectivity index is 2.06. The van der Waals surface area contributed by atoms with Crippen molar-refractivity contribution in [1.82, 2.24) is 4.37 Å². The van der Waals surface area contributed by atoms with E-state index in [2.05, 4.69) is 15.9 Å². The molecule has 0 atom stereocenters. The lowest BCUT2D eigenvalue weighted by molar-refractivity contribution is 0.0697. The van der Waals surface area contributed by atoms with Crippen LogP contribution >= 0.6 is 23.3 Å². The molecular formula is C11H16N2O2S2. The van der Waals surface area contributed by atoms with Gasteiger partial charge in [0.25, 0.3) is 0 Å². The van der Waals surface area contributed by atoms with Crippen LogP contribution in [0.25, 0.3) is 0 Å². The zero-order chi connectivity index (χ0) is 12.5. The normalized spacial score (nSPS) is 17.5. The molecule has 0 aromatic carbocycles. The van der Waals surface area contributed by atoms with Crippen LogP contribution in [0.15, 0.2) is 0 Å². The molecule has 6 heteroatoms. The Kier molecular flexibility index (Phi) is 3.63. The van der Waals surface area contributed by atoms with Gasteiger partial charge in [-0.15, -0.1) is 0 Å². The molecule has 2 N–H and O–H groups in total. The first-order valence-corrected chi connectivity index (χ1v) is 7.56. The average molecular weight is 272 g/mol.